The summed E-state index contributed by atoms with van der Waals surface area (Å²) >= 11 is 3.94. The van der Waals surface area contributed by atoms with Crippen LogP contribution in [0.2, 0.25) is 0 Å². The summed E-state index contributed by atoms with van der Waals surface area (Å²) in [5, 5.41) is 10.7. The number of carbonyl (C=O) groups excluding carboxylic acids is 1. The molecule has 1 N–H and O–H groups in total. The molecule has 0 saturated heterocycles. The van der Waals surface area contributed by atoms with Crippen molar-refractivity contribution in [2.24, 2.45) is 0 Å². The summed E-state index contributed by atoms with van der Waals surface area (Å²) in [6, 6.07) is 5.40. The van der Waals surface area contributed by atoms with Crippen LogP contribution in [0.25, 0.3) is 0 Å². The Labute approximate surface area is 92.3 Å². The zero-order valence-electron chi connectivity index (χ0n) is 7.99. The van der Waals surface area contributed by atoms with Gasteiger partial charge in [-0.15, -0.1) is 0 Å². The molecule has 0 aliphatic carbocycles. The number of nitrogens with one attached hydrogen (secondary N) is 1. The van der Waals surface area contributed by atoms with E-state index < -0.39 is 11.1 Å². The number of carbonyl (C=O) groups is 1. The minimum absolute atomic E-state index is 0.0948. The van der Waals surface area contributed by atoms with E-state index in [9.17, 15) is 9.18 Å². The number of halogens is 1. The van der Waals surface area contributed by atoms with Crippen molar-refractivity contribution < 1.29 is 9.18 Å². The van der Waals surface area contributed by atoms with Crippen LogP contribution in [0.15, 0.2) is 18.2 Å². The third-order valence-electron chi connectivity index (χ3n) is 1.74. The van der Waals surface area contributed by atoms with E-state index in [1.165, 1.54) is 12.1 Å². The number of anilines is 1. The molecule has 0 aliphatic heterocycles. The molecule has 1 amide bonds. The molecule has 1 aromatic carbocycles. The zero-order valence-corrected chi connectivity index (χ0v) is 8.88. The second kappa shape index (κ2) is 4.80. The van der Waals surface area contributed by atoms with E-state index in [1.807, 2.05) is 0 Å². The van der Waals surface area contributed by atoms with Gasteiger partial charge in [0.05, 0.1) is 16.5 Å². The summed E-state index contributed by atoms with van der Waals surface area (Å²) in [5.74, 6) is -0.843. The van der Waals surface area contributed by atoms with Crippen molar-refractivity contribution >= 4 is 24.2 Å². The number of amides is 1. The Bertz CT molecular complexity index is 426. The highest BCUT2D eigenvalue weighted by Gasteiger charge is 2.11. The molecule has 0 aromatic heterocycles. The average molecular weight is 224 g/mol. The molecule has 0 aliphatic rings. The van der Waals surface area contributed by atoms with E-state index >= 15 is 0 Å². The van der Waals surface area contributed by atoms with Crippen molar-refractivity contribution in [2.45, 2.75) is 12.2 Å². The Hall–Kier alpha value is -1.54. The van der Waals surface area contributed by atoms with Crippen LogP contribution >= 0.6 is 12.6 Å². The Morgan fingerprint density at radius 2 is 2.33 bits per heavy atom. The van der Waals surface area contributed by atoms with Gasteiger partial charge in [-0.1, -0.05) is 0 Å². The third-order valence-corrected chi connectivity index (χ3v) is 1.97. The van der Waals surface area contributed by atoms with Gasteiger partial charge < -0.3 is 5.32 Å². The first-order valence-corrected chi connectivity index (χ1v) is 4.75. The van der Waals surface area contributed by atoms with Gasteiger partial charge in [-0.25, -0.2) is 4.39 Å². The standard InChI is InChI=1S/C10H9FN2OS/c1-6(15)10(14)13-9-3-2-8(11)4-7(9)5-12/h2-4,6,15H,1H3,(H,13,14). The van der Waals surface area contributed by atoms with Gasteiger partial charge in [-0.2, -0.15) is 17.9 Å². The number of hydrogen-bond acceptors (Lipinski definition) is 3. The molecule has 0 radical (unpaired) electrons. The zero-order chi connectivity index (χ0) is 11.4. The maximum atomic E-state index is 12.8. The fourth-order valence-electron chi connectivity index (χ4n) is 0.955. The van der Waals surface area contributed by atoms with Crippen LogP contribution in [0.4, 0.5) is 10.1 Å². The van der Waals surface area contributed by atoms with Crippen LogP contribution in [0.1, 0.15) is 12.5 Å². The molecule has 5 heteroatoms. The summed E-state index contributed by atoms with van der Waals surface area (Å²) in [6.07, 6.45) is 0. The topological polar surface area (TPSA) is 52.9 Å². The average Bonchev–Trinajstić information content (AvgIpc) is 2.20. The van der Waals surface area contributed by atoms with Crippen LogP contribution in [-0.2, 0) is 4.79 Å². The Balaban J connectivity index is 2.96. The van der Waals surface area contributed by atoms with E-state index in [2.05, 4.69) is 17.9 Å². The van der Waals surface area contributed by atoms with Crippen LogP contribution in [-0.4, -0.2) is 11.2 Å². The first-order chi connectivity index (χ1) is 7.04. The molecule has 1 aromatic rings. The van der Waals surface area contributed by atoms with Crippen molar-refractivity contribution in [2.75, 3.05) is 5.32 Å². The van der Waals surface area contributed by atoms with Gasteiger partial charge in [0.1, 0.15) is 11.9 Å². The summed E-state index contributed by atoms with van der Waals surface area (Å²) < 4.78 is 12.8. The SMILES string of the molecule is CC(S)C(=O)Nc1ccc(F)cc1C#N. The second-order valence-electron chi connectivity index (χ2n) is 2.97. The normalized spacial score (nSPS) is 11.6. The molecule has 0 saturated carbocycles. The maximum Gasteiger partial charge on any atom is 0.236 e. The van der Waals surface area contributed by atoms with Crippen LogP contribution in [0.5, 0.6) is 0 Å². The Kier molecular flexibility index (Phi) is 3.69. The molecule has 15 heavy (non-hydrogen) atoms. The van der Waals surface area contributed by atoms with E-state index in [1.54, 1.807) is 13.0 Å². The van der Waals surface area contributed by atoms with Gasteiger partial charge in [0.25, 0.3) is 0 Å². The number of rotatable bonds is 2. The molecule has 0 fully saturated rings. The van der Waals surface area contributed by atoms with Crippen molar-refractivity contribution in [3.8, 4) is 6.07 Å². The van der Waals surface area contributed by atoms with Gasteiger partial charge in [0.15, 0.2) is 0 Å². The number of benzene rings is 1. The first-order valence-electron chi connectivity index (χ1n) is 4.23. The van der Waals surface area contributed by atoms with Crippen molar-refractivity contribution in [1.82, 2.24) is 0 Å². The lowest BCUT2D eigenvalue weighted by atomic mass is 10.2. The summed E-state index contributed by atoms with van der Waals surface area (Å²) in [7, 11) is 0. The summed E-state index contributed by atoms with van der Waals surface area (Å²) in [4.78, 5) is 11.3. The van der Waals surface area contributed by atoms with E-state index in [-0.39, 0.29) is 11.5 Å². The number of nitrogens with zero attached hydrogens (tertiary/aromatic N) is 1. The fourth-order valence-corrected chi connectivity index (χ4v) is 1.02. The third kappa shape index (κ3) is 2.96. The Morgan fingerprint density at radius 3 is 2.87 bits per heavy atom. The molecular formula is C10H9FN2OS. The van der Waals surface area contributed by atoms with E-state index in [0.717, 1.165) is 6.07 Å². The number of hydrogen-bond donors (Lipinski definition) is 2. The Morgan fingerprint density at radius 1 is 1.67 bits per heavy atom. The van der Waals surface area contributed by atoms with Gasteiger partial charge in [0.2, 0.25) is 5.91 Å². The molecular weight excluding hydrogens is 215 g/mol. The summed E-state index contributed by atoms with van der Waals surface area (Å²) in [5.41, 5.74) is 0.391. The summed E-state index contributed by atoms with van der Waals surface area (Å²) in [6.45, 7) is 1.61. The van der Waals surface area contributed by atoms with Crippen LogP contribution in [0.3, 0.4) is 0 Å². The van der Waals surface area contributed by atoms with E-state index in [4.69, 9.17) is 5.26 Å². The van der Waals surface area contributed by atoms with Crippen molar-refractivity contribution in [1.29, 1.82) is 5.26 Å². The maximum absolute atomic E-state index is 12.8. The highest BCUT2D eigenvalue weighted by molar-refractivity contribution is 7.81. The smallest absolute Gasteiger partial charge is 0.236 e. The monoisotopic (exact) mass is 224 g/mol. The minimum Gasteiger partial charge on any atom is -0.324 e. The minimum atomic E-state index is -0.511. The lowest BCUT2D eigenvalue weighted by Gasteiger charge is -2.08. The molecule has 1 atom stereocenters. The van der Waals surface area contributed by atoms with Crippen LogP contribution in [0, 0.1) is 17.1 Å². The molecule has 1 unspecified atom stereocenters. The van der Waals surface area contributed by atoms with Gasteiger partial charge in [-0.3, -0.25) is 4.79 Å². The molecule has 1 rings (SSSR count). The van der Waals surface area contributed by atoms with Crippen molar-refractivity contribution in [3.63, 3.8) is 0 Å². The van der Waals surface area contributed by atoms with Gasteiger partial charge >= 0.3 is 0 Å². The van der Waals surface area contributed by atoms with Gasteiger partial charge in [-0.05, 0) is 25.1 Å². The molecule has 0 heterocycles. The second-order valence-corrected chi connectivity index (χ2v) is 3.74. The highest BCUT2D eigenvalue weighted by atomic mass is 32.1. The first kappa shape index (κ1) is 11.5. The molecule has 0 bridgehead atoms. The largest absolute Gasteiger partial charge is 0.324 e. The lowest BCUT2D eigenvalue weighted by Crippen LogP contribution is -2.20. The number of nitriles is 1. The van der Waals surface area contributed by atoms with Crippen LogP contribution < -0.4 is 5.32 Å². The quantitative estimate of drug-likeness (QED) is 0.754. The van der Waals surface area contributed by atoms with Gasteiger partial charge in [0, 0.05) is 0 Å². The number of thiol groups is 1. The van der Waals surface area contributed by atoms with Crippen molar-refractivity contribution in [3.05, 3.63) is 29.6 Å². The lowest BCUT2D eigenvalue weighted by molar-refractivity contribution is -0.115. The predicted octanol–water partition coefficient (Wildman–Crippen LogP) is 1.95. The highest BCUT2D eigenvalue weighted by Crippen LogP contribution is 2.16. The molecule has 78 valence electrons. The van der Waals surface area contributed by atoms with E-state index in [0.29, 0.717) is 5.69 Å². The predicted molar refractivity (Wildman–Crippen MR) is 58.2 cm³/mol. The molecule has 0 spiro atoms. The molecule has 3 nitrogen and oxygen atoms in total. The fraction of sp³-hybridized carbons (Fsp3) is 0.200.